The molecule has 0 bridgehead atoms. The number of carboxylic acids is 2. The van der Waals surface area contributed by atoms with Crippen LogP contribution in [-0.4, -0.2) is 27.9 Å². The van der Waals surface area contributed by atoms with Crippen LogP contribution in [0.4, 0.5) is 0 Å². The van der Waals surface area contributed by atoms with Crippen LogP contribution in [0, 0.1) is 0 Å². The Balaban J connectivity index is 2.62. The topological polar surface area (TPSA) is 74.6 Å². The van der Waals surface area contributed by atoms with Gasteiger partial charge in [0, 0.05) is 10.6 Å². The highest BCUT2D eigenvalue weighted by molar-refractivity contribution is 7.99. The second kappa shape index (κ2) is 3.58. The van der Waals surface area contributed by atoms with Crippen molar-refractivity contribution in [2.24, 2.45) is 0 Å². The third-order valence-electron chi connectivity index (χ3n) is 2.29. The van der Waals surface area contributed by atoms with Crippen molar-refractivity contribution in [3.8, 4) is 0 Å². The number of hydrogen-bond donors (Lipinski definition) is 2. The Kier molecular flexibility index (Phi) is 2.40. The van der Waals surface area contributed by atoms with Crippen molar-refractivity contribution in [2.45, 2.75) is 11.3 Å². The number of carboxylic acid groups (broad SMARTS) is 2. The third-order valence-corrected chi connectivity index (χ3v) is 3.39. The van der Waals surface area contributed by atoms with Gasteiger partial charge in [-0.1, -0.05) is 0 Å². The molecule has 1 aliphatic heterocycles. The maximum absolute atomic E-state index is 10.9. The summed E-state index contributed by atoms with van der Waals surface area (Å²) >= 11 is 1.56. The van der Waals surface area contributed by atoms with E-state index >= 15 is 0 Å². The monoisotopic (exact) mass is 224 g/mol. The zero-order chi connectivity index (χ0) is 11.0. The Morgan fingerprint density at radius 1 is 1.13 bits per heavy atom. The summed E-state index contributed by atoms with van der Waals surface area (Å²) in [6.45, 7) is 0. The first-order chi connectivity index (χ1) is 7.09. The molecule has 4 nitrogen and oxygen atoms in total. The van der Waals surface area contributed by atoms with Gasteiger partial charge in [-0.3, -0.25) is 0 Å². The predicted octanol–water partition coefficient (Wildman–Crippen LogP) is 1.73. The fourth-order valence-electron chi connectivity index (χ4n) is 1.58. The van der Waals surface area contributed by atoms with Crippen LogP contribution in [0.2, 0.25) is 0 Å². The minimum Gasteiger partial charge on any atom is -0.478 e. The van der Waals surface area contributed by atoms with Gasteiger partial charge in [0.1, 0.15) is 0 Å². The maximum atomic E-state index is 10.9. The van der Waals surface area contributed by atoms with Gasteiger partial charge in [0.25, 0.3) is 0 Å². The Morgan fingerprint density at radius 2 is 1.73 bits per heavy atom. The van der Waals surface area contributed by atoms with E-state index in [1.807, 2.05) is 0 Å². The Bertz CT molecular complexity index is 412. The van der Waals surface area contributed by atoms with Crippen LogP contribution in [-0.2, 0) is 6.42 Å². The van der Waals surface area contributed by atoms with Crippen molar-refractivity contribution < 1.29 is 19.8 Å². The van der Waals surface area contributed by atoms with Crippen LogP contribution in [0.3, 0.4) is 0 Å². The molecule has 78 valence electrons. The van der Waals surface area contributed by atoms with E-state index in [1.165, 1.54) is 12.1 Å². The van der Waals surface area contributed by atoms with Crippen LogP contribution < -0.4 is 0 Å². The number of benzene rings is 1. The van der Waals surface area contributed by atoms with Gasteiger partial charge < -0.3 is 10.2 Å². The van der Waals surface area contributed by atoms with E-state index in [0.29, 0.717) is 0 Å². The third kappa shape index (κ3) is 1.70. The average molecular weight is 224 g/mol. The minimum absolute atomic E-state index is 0.122. The molecule has 1 aromatic carbocycles. The van der Waals surface area contributed by atoms with Crippen LogP contribution in [0.25, 0.3) is 0 Å². The Morgan fingerprint density at radius 3 is 2.33 bits per heavy atom. The van der Waals surface area contributed by atoms with E-state index in [0.717, 1.165) is 22.6 Å². The van der Waals surface area contributed by atoms with E-state index in [9.17, 15) is 9.59 Å². The fraction of sp³-hybridized carbons (Fsp3) is 0.200. The highest BCUT2D eigenvalue weighted by atomic mass is 32.2. The molecule has 2 N–H and O–H groups in total. The Hall–Kier alpha value is -1.49. The van der Waals surface area contributed by atoms with E-state index in [4.69, 9.17) is 10.2 Å². The van der Waals surface area contributed by atoms with Crippen molar-refractivity contribution in [1.29, 1.82) is 0 Å². The van der Waals surface area contributed by atoms with Crippen molar-refractivity contribution in [1.82, 2.24) is 0 Å². The molecule has 1 heterocycles. The smallest absolute Gasteiger partial charge is 0.336 e. The molecule has 0 saturated carbocycles. The van der Waals surface area contributed by atoms with E-state index in [1.54, 1.807) is 11.8 Å². The normalized spacial score (nSPS) is 13.6. The van der Waals surface area contributed by atoms with Crippen molar-refractivity contribution >= 4 is 23.7 Å². The molecule has 0 aliphatic carbocycles. The zero-order valence-electron chi connectivity index (χ0n) is 7.69. The van der Waals surface area contributed by atoms with Crippen LogP contribution in [0.5, 0.6) is 0 Å². The van der Waals surface area contributed by atoms with E-state index in [-0.39, 0.29) is 11.1 Å². The van der Waals surface area contributed by atoms with Gasteiger partial charge in [0.2, 0.25) is 0 Å². The van der Waals surface area contributed by atoms with E-state index < -0.39 is 11.9 Å². The van der Waals surface area contributed by atoms with Gasteiger partial charge in [0.15, 0.2) is 0 Å². The molecule has 0 saturated heterocycles. The molecule has 0 unspecified atom stereocenters. The number of rotatable bonds is 2. The van der Waals surface area contributed by atoms with Crippen LogP contribution >= 0.6 is 11.8 Å². The minimum atomic E-state index is -1.19. The molecule has 0 amide bonds. The van der Waals surface area contributed by atoms with Gasteiger partial charge in [-0.2, -0.15) is 0 Å². The molecule has 1 aliphatic rings. The molecule has 0 atom stereocenters. The molecular formula is C10H8O4S. The lowest BCUT2D eigenvalue weighted by Crippen LogP contribution is -2.08. The quantitative estimate of drug-likeness (QED) is 0.800. The first-order valence-corrected chi connectivity index (χ1v) is 5.34. The lowest BCUT2D eigenvalue weighted by atomic mass is 10.0. The van der Waals surface area contributed by atoms with Gasteiger partial charge in [-0.05, 0) is 24.1 Å². The highest BCUT2D eigenvalue weighted by Crippen LogP contribution is 2.33. The summed E-state index contributed by atoms with van der Waals surface area (Å²) in [5, 5.41) is 17.7. The van der Waals surface area contributed by atoms with Gasteiger partial charge in [0.05, 0.1) is 11.1 Å². The van der Waals surface area contributed by atoms with E-state index in [2.05, 4.69) is 0 Å². The van der Waals surface area contributed by atoms with Crippen LogP contribution in [0.15, 0.2) is 17.0 Å². The number of fused-ring (bicyclic) bond motifs is 1. The lowest BCUT2D eigenvalue weighted by molar-refractivity contribution is 0.0651. The predicted molar refractivity (Wildman–Crippen MR) is 54.8 cm³/mol. The van der Waals surface area contributed by atoms with Gasteiger partial charge in [-0.15, -0.1) is 11.8 Å². The van der Waals surface area contributed by atoms with Gasteiger partial charge >= 0.3 is 11.9 Å². The molecule has 0 radical (unpaired) electrons. The average Bonchev–Trinajstić information content (AvgIpc) is 2.61. The summed E-state index contributed by atoms with van der Waals surface area (Å²) in [5.74, 6) is -1.49. The molecule has 1 aromatic rings. The molecule has 0 fully saturated rings. The number of aryl methyl sites for hydroxylation is 1. The highest BCUT2D eigenvalue weighted by Gasteiger charge is 2.21. The summed E-state index contributed by atoms with van der Waals surface area (Å²) in [5.41, 5.74) is 0.682. The SMILES string of the molecule is O=C(O)c1cc2c(cc1C(=O)O)SCC2. The number of thioether (sulfide) groups is 1. The zero-order valence-corrected chi connectivity index (χ0v) is 8.50. The summed E-state index contributed by atoms with van der Waals surface area (Å²) in [7, 11) is 0. The second-order valence-electron chi connectivity index (χ2n) is 3.21. The number of aromatic carboxylic acids is 2. The van der Waals surface area contributed by atoms with Gasteiger partial charge in [-0.25, -0.2) is 9.59 Å². The molecule has 15 heavy (non-hydrogen) atoms. The standard InChI is InChI=1S/C10H8O4S/c11-9(12)6-3-5-1-2-15-8(5)4-7(6)10(13)14/h3-4H,1-2H2,(H,11,12)(H,13,14). The summed E-state index contributed by atoms with van der Waals surface area (Å²) in [6, 6.07) is 2.93. The first kappa shape index (κ1) is 10.0. The summed E-state index contributed by atoms with van der Waals surface area (Å²) < 4.78 is 0. The number of carbonyl (C=O) groups is 2. The first-order valence-electron chi connectivity index (χ1n) is 4.36. The maximum Gasteiger partial charge on any atom is 0.336 e. The molecule has 0 aromatic heterocycles. The number of hydrogen-bond acceptors (Lipinski definition) is 3. The summed E-state index contributed by atoms with van der Waals surface area (Å²) in [4.78, 5) is 22.6. The van der Waals surface area contributed by atoms with Crippen molar-refractivity contribution in [3.05, 3.63) is 28.8 Å². The van der Waals surface area contributed by atoms with Crippen molar-refractivity contribution in [3.63, 3.8) is 0 Å². The largest absolute Gasteiger partial charge is 0.478 e. The molecule has 5 heteroatoms. The summed E-state index contributed by atoms with van der Waals surface area (Å²) in [6.07, 6.45) is 0.806. The fourth-order valence-corrected chi connectivity index (χ4v) is 2.67. The van der Waals surface area contributed by atoms with Crippen molar-refractivity contribution in [2.75, 3.05) is 5.75 Å². The lowest BCUT2D eigenvalue weighted by Gasteiger charge is -2.04. The molecule has 2 rings (SSSR count). The van der Waals surface area contributed by atoms with Crippen LogP contribution in [0.1, 0.15) is 26.3 Å². The Labute approximate surface area is 89.9 Å². The molecular weight excluding hydrogens is 216 g/mol. The molecule has 0 spiro atoms. The second-order valence-corrected chi connectivity index (χ2v) is 4.35.